The molecule has 0 saturated heterocycles. The quantitative estimate of drug-likeness (QED) is 0.343. The highest BCUT2D eigenvalue weighted by Gasteiger charge is 2.26. The molecule has 0 aromatic heterocycles. The number of halogens is 2. The average molecular weight is 560 g/mol. The van der Waals surface area contributed by atoms with Gasteiger partial charge in [0.15, 0.2) is 0 Å². The van der Waals surface area contributed by atoms with E-state index in [0.717, 1.165) is 11.1 Å². The summed E-state index contributed by atoms with van der Waals surface area (Å²) < 4.78 is 40.2. The van der Waals surface area contributed by atoms with Crippen LogP contribution in [-0.4, -0.2) is 37.7 Å². The summed E-state index contributed by atoms with van der Waals surface area (Å²) in [7, 11) is -3.56. The minimum atomic E-state index is -3.56. The molecule has 0 fully saturated rings. The lowest BCUT2D eigenvalue weighted by molar-refractivity contribution is -0.140. The molecule has 0 aliphatic rings. The van der Waals surface area contributed by atoms with Gasteiger partial charge in [0.1, 0.15) is 11.9 Å². The zero-order valence-electron chi connectivity index (χ0n) is 21.3. The molecule has 3 rings (SSSR count). The zero-order valence-corrected chi connectivity index (χ0v) is 22.9. The molecular weight excluding hydrogens is 529 g/mol. The summed E-state index contributed by atoms with van der Waals surface area (Å²) in [5, 5.41) is 3.45. The number of carbonyl (C=O) groups excluding carboxylic acids is 2. The van der Waals surface area contributed by atoms with Gasteiger partial charge in [0.2, 0.25) is 21.8 Å². The summed E-state index contributed by atoms with van der Waals surface area (Å²) in [6.45, 7) is 4.05. The standard InChI is InChI=1S/C28H31ClFN3O4S/c1-3-32-38(36,37)26-15-8-21(9-16-26)10-17-27(34)33(19-23-6-13-25(30)14-7-23)20(2)28(35)31-18-22-4-11-24(29)12-5-22/h4-9,11-16,20,32H,3,10,17-19H2,1-2H3,(H,31,35)/t20-/m0/s1. The number of nitrogens with zero attached hydrogens (tertiary/aromatic N) is 1. The Balaban J connectivity index is 1.69. The Morgan fingerprint density at radius 2 is 1.50 bits per heavy atom. The lowest BCUT2D eigenvalue weighted by Gasteiger charge is -2.29. The number of sulfonamides is 1. The summed E-state index contributed by atoms with van der Waals surface area (Å²) in [5.41, 5.74) is 2.34. The van der Waals surface area contributed by atoms with E-state index in [1.165, 1.54) is 29.2 Å². The van der Waals surface area contributed by atoms with Crippen molar-refractivity contribution in [3.63, 3.8) is 0 Å². The summed E-state index contributed by atoms with van der Waals surface area (Å²) in [6, 6.07) is 18.4. The number of benzene rings is 3. The van der Waals surface area contributed by atoms with E-state index in [1.807, 2.05) is 12.1 Å². The number of amides is 2. The number of carbonyl (C=O) groups is 2. The van der Waals surface area contributed by atoms with Gasteiger partial charge < -0.3 is 10.2 Å². The van der Waals surface area contributed by atoms with Gasteiger partial charge in [-0.25, -0.2) is 17.5 Å². The number of rotatable bonds is 12. The Labute approximate surface area is 228 Å². The van der Waals surface area contributed by atoms with Crippen LogP contribution >= 0.6 is 11.6 Å². The fraction of sp³-hybridized carbons (Fsp3) is 0.286. The fourth-order valence-electron chi connectivity index (χ4n) is 3.81. The Morgan fingerprint density at radius 3 is 2.11 bits per heavy atom. The third kappa shape index (κ3) is 8.37. The second kappa shape index (κ2) is 13.5. The highest BCUT2D eigenvalue weighted by molar-refractivity contribution is 7.89. The van der Waals surface area contributed by atoms with Crippen LogP contribution in [-0.2, 0) is 39.1 Å². The molecule has 0 aliphatic carbocycles. The van der Waals surface area contributed by atoms with Crippen molar-refractivity contribution in [2.24, 2.45) is 0 Å². The van der Waals surface area contributed by atoms with Gasteiger partial charge in [-0.1, -0.05) is 54.9 Å². The summed E-state index contributed by atoms with van der Waals surface area (Å²) in [6.07, 6.45) is 0.467. The molecule has 0 aliphatic heterocycles. The number of aryl methyl sites for hydroxylation is 1. The minimum absolute atomic E-state index is 0.106. The molecule has 2 amide bonds. The maximum atomic E-state index is 13.4. The minimum Gasteiger partial charge on any atom is -0.350 e. The van der Waals surface area contributed by atoms with Crippen molar-refractivity contribution in [1.29, 1.82) is 0 Å². The van der Waals surface area contributed by atoms with E-state index in [9.17, 15) is 22.4 Å². The van der Waals surface area contributed by atoms with Crippen LogP contribution in [0.5, 0.6) is 0 Å². The van der Waals surface area contributed by atoms with Gasteiger partial charge in [-0.05, 0) is 66.4 Å². The van der Waals surface area contributed by atoms with Crippen molar-refractivity contribution >= 4 is 33.4 Å². The molecule has 0 heterocycles. The van der Waals surface area contributed by atoms with Crippen molar-refractivity contribution in [3.8, 4) is 0 Å². The van der Waals surface area contributed by atoms with Crippen LogP contribution in [0.4, 0.5) is 4.39 Å². The smallest absolute Gasteiger partial charge is 0.242 e. The molecule has 3 aromatic carbocycles. The number of hydrogen-bond donors (Lipinski definition) is 2. The lowest BCUT2D eigenvalue weighted by Crippen LogP contribution is -2.47. The molecule has 0 saturated carbocycles. The monoisotopic (exact) mass is 559 g/mol. The molecule has 10 heteroatoms. The maximum absolute atomic E-state index is 13.4. The fourth-order valence-corrected chi connectivity index (χ4v) is 4.98. The molecule has 3 aromatic rings. The normalized spacial score (nSPS) is 12.1. The molecular formula is C28H31ClFN3O4S. The van der Waals surface area contributed by atoms with Gasteiger partial charge in [0.25, 0.3) is 0 Å². The van der Waals surface area contributed by atoms with Gasteiger partial charge in [0.05, 0.1) is 4.90 Å². The Kier molecular flexibility index (Phi) is 10.4. The van der Waals surface area contributed by atoms with Crippen LogP contribution < -0.4 is 10.0 Å². The second-order valence-electron chi connectivity index (χ2n) is 8.81. The third-order valence-electron chi connectivity index (χ3n) is 6.01. The predicted octanol–water partition coefficient (Wildman–Crippen LogP) is 4.44. The highest BCUT2D eigenvalue weighted by atomic mass is 35.5. The van der Waals surface area contributed by atoms with Crippen LogP contribution in [0, 0.1) is 5.82 Å². The number of nitrogens with one attached hydrogen (secondary N) is 2. The van der Waals surface area contributed by atoms with Crippen LogP contribution in [0.15, 0.2) is 77.7 Å². The predicted molar refractivity (Wildman–Crippen MR) is 145 cm³/mol. The molecule has 0 unspecified atom stereocenters. The summed E-state index contributed by atoms with van der Waals surface area (Å²) >= 11 is 5.92. The van der Waals surface area contributed by atoms with Crippen LogP contribution in [0.2, 0.25) is 5.02 Å². The van der Waals surface area contributed by atoms with E-state index in [4.69, 9.17) is 11.6 Å². The molecule has 0 spiro atoms. The van der Waals surface area contributed by atoms with Crippen molar-refractivity contribution in [3.05, 3.63) is 100 Å². The van der Waals surface area contributed by atoms with Crippen molar-refractivity contribution in [1.82, 2.24) is 14.9 Å². The van der Waals surface area contributed by atoms with E-state index in [-0.39, 0.29) is 48.6 Å². The molecule has 38 heavy (non-hydrogen) atoms. The van der Waals surface area contributed by atoms with E-state index < -0.39 is 16.1 Å². The zero-order chi connectivity index (χ0) is 27.7. The molecule has 0 radical (unpaired) electrons. The Hall–Kier alpha value is -3.27. The van der Waals surface area contributed by atoms with E-state index in [1.54, 1.807) is 50.2 Å². The van der Waals surface area contributed by atoms with E-state index in [0.29, 0.717) is 17.0 Å². The molecule has 202 valence electrons. The van der Waals surface area contributed by atoms with Gasteiger partial charge in [-0.15, -0.1) is 0 Å². The van der Waals surface area contributed by atoms with Crippen molar-refractivity contribution in [2.45, 2.75) is 50.7 Å². The summed E-state index contributed by atoms with van der Waals surface area (Å²) in [4.78, 5) is 27.9. The first kappa shape index (κ1) is 29.3. The van der Waals surface area contributed by atoms with Gasteiger partial charge >= 0.3 is 0 Å². The largest absolute Gasteiger partial charge is 0.350 e. The van der Waals surface area contributed by atoms with Crippen LogP contribution in [0.3, 0.4) is 0 Å². The Bertz CT molecular complexity index is 1330. The molecule has 7 nitrogen and oxygen atoms in total. The maximum Gasteiger partial charge on any atom is 0.242 e. The second-order valence-corrected chi connectivity index (χ2v) is 11.0. The van der Waals surface area contributed by atoms with Crippen LogP contribution in [0.1, 0.15) is 37.0 Å². The Morgan fingerprint density at radius 1 is 0.921 bits per heavy atom. The van der Waals surface area contributed by atoms with Gasteiger partial charge in [-0.3, -0.25) is 9.59 Å². The van der Waals surface area contributed by atoms with Crippen molar-refractivity contribution in [2.75, 3.05) is 6.54 Å². The summed E-state index contributed by atoms with van der Waals surface area (Å²) in [5.74, 6) is -0.971. The first-order valence-corrected chi connectivity index (χ1v) is 14.1. The SMILES string of the molecule is CCNS(=O)(=O)c1ccc(CCC(=O)N(Cc2ccc(F)cc2)[C@@H](C)C(=O)NCc2ccc(Cl)cc2)cc1. The topological polar surface area (TPSA) is 95.6 Å². The average Bonchev–Trinajstić information content (AvgIpc) is 2.90. The number of hydrogen-bond acceptors (Lipinski definition) is 4. The van der Waals surface area contributed by atoms with Gasteiger partial charge in [0, 0.05) is 31.1 Å². The molecule has 0 bridgehead atoms. The molecule has 1 atom stereocenters. The first-order chi connectivity index (χ1) is 18.1. The van der Waals surface area contributed by atoms with E-state index >= 15 is 0 Å². The van der Waals surface area contributed by atoms with Crippen LogP contribution in [0.25, 0.3) is 0 Å². The first-order valence-electron chi connectivity index (χ1n) is 12.2. The van der Waals surface area contributed by atoms with E-state index in [2.05, 4.69) is 10.0 Å². The third-order valence-corrected chi connectivity index (χ3v) is 7.82. The highest BCUT2D eigenvalue weighted by Crippen LogP contribution is 2.16. The lowest BCUT2D eigenvalue weighted by atomic mass is 10.1. The molecule has 2 N–H and O–H groups in total. The van der Waals surface area contributed by atoms with Gasteiger partial charge in [-0.2, -0.15) is 0 Å². The van der Waals surface area contributed by atoms with Crippen molar-refractivity contribution < 1.29 is 22.4 Å².